The molecule has 0 bridgehead atoms. The Kier molecular flexibility index (Phi) is 5.36. The molecule has 4 heteroatoms. The standard InChI is InChI=1S/C11H15BrN2O/c1-15-7-6-14-11(13)8-9-2-4-10(12)5-3-9/h2-5H,6-8H2,1H3,(H2,13,14). The van der Waals surface area contributed by atoms with Crippen molar-refractivity contribution in [1.82, 2.24) is 0 Å². The predicted octanol–water partition coefficient (Wildman–Crippen LogP) is 2.00. The van der Waals surface area contributed by atoms with Crippen molar-refractivity contribution in [3.8, 4) is 0 Å². The summed E-state index contributed by atoms with van der Waals surface area (Å²) in [6, 6.07) is 8.06. The minimum atomic E-state index is 0.612. The van der Waals surface area contributed by atoms with Crippen molar-refractivity contribution in [3.05, 3.63) is 34.3 Å². The first-order valence-corrected chi connectivity index (χ1v) is 5.54. The molecule has 0 heterocycles. The SMILES string of the molecule is COCCN=C(N)Cc1ccc(Br)cc1. The lowest BCUT2D eigenvalue weighted by atomic mass is 10.1. The Hall–Kier alpha value is -0.870. The number of ether oxygens (including phenoxy) is 1. The minimum absolute atomic E-state index is 0.612. The number of amidine groups is 1. The van der Waals surface area contributed by atoms with Crippen LogP contribution in [-0.2, 0) is 11.2 Å². The Balaban J connectivity index is 2.47. The van der Waals surface area contributed by atoms with Crippen LogP contribution in [0.3, 0.4) is 0 Å². The zero-order valence-corrected chi connectivity index (χ0v) is 10.3. The van der Waals surface area contributed by atoms with E-state index in [0.717, 1.165) is 10.0 Å². The van der Waals surface area contributed by atoms with Crippen molar-refractivity contribution in [2.45, 2.75) is 6.42 Å². The molecule has 0 aliphatic carbocycles. The highest BCUT2D eigenvalue weighted by molar-refractivity contribution is 9.10. The van der Waals surface area contributed by atoms with Crippen LogP contribution in [0.4, 0.5) is 0 Å². The topological polar surface area (TPSA) is 47.6 Å². The zero-order valence-electron chi connectivity index (χ0n) is 8.74. The molecule has 1 aromatic carbocycles. The molecule has 1 aromatic rings. The number of rotatable bonds is 5. The van der Waals surface area contributed by atoms with E-state index in [0.29, 0.717) is 25.4 Å². The van der Waals surface area contributed by atoms with E-state index in [4.69, 9.17) is 10.5 Å². The Morgan fingerprint density at radius 3 is 2.67 bits per heavy atom. The van der Waals surface area contributed by atoms with Gasteiger partial charge in [0.05, 0.1) is 19.0 Å². The molecule has 0 aliphatic heterocycles. The molecule has 82 valence electrons. The summed E-state index contributed by atoms with van der Waals surface area (Å²) in [5.41, 5.74) is 6.93. The van der Waals surface area contributed by atoms with Crippen molar-refractivity contribution < 1.29 is 4.74 Å². The molecule has 0 saturated heterocycles. The monoisotopic (exact) mass is 270 g/mol. The van der Waals surface area contributed by atoms with Crippen LogP contribution in [0.5, 0.6) is 0 Å². The number of methoxy groups -OCH3 is 1. The largest absolute Gasteiger partial charge is 0.387 e. The summed E-state index contributed by atoms with van der Waals surface area (Å²) in [5, 5.41) is 0. The molecule has 0 aliphatic rings. The number of benzene rings is 1. The van der Waals surface area contributed by atoms with Gasteiger partial charge in [0.15, 0.2) is 0 Å². The van der Waals surface area contributed by atoms with Crippen LogP contribution in [0.25, 0.3) is 0 Å². The molecular weight excluding hydrogens is 256 g/mol. The molecule has 0 amide bonds. The van der Waals surface area contributed by atoms with E-state index in [2.05, 4.69) is 20.9 Å². The lowest BCUT2D eigenvalue weighted by Crippen LogP contribution is -2.16. The number of aliphatic imine (C=N–C) groups is 1. The van der Waals surface area contributed by atoms with Gasteiger partial charge >= 0.3 is 0 Å². The third kappa shape index (κ3) is 4.95. The van der Waals surface area contributed by atoms with Crippen molar-refractivity contribution in [1.29, 1.82) is 0 Å². The van der Waals surface area contributed by atoms with Gasteiger partial charge in [-0.15, -0.1) is 0 Å². The first-order valence-electron chi connectivity index (χ1n) is 4.74. The summed E-state index contributed by atoms with van der Waals surface area (Å²) in [7, 11) is 1.65. The first kappa shape index (κ1) is 12.2. The van der Waals surface area contributed by atoms with Gasteiger partial charge in [-0.25, -0.2) is 0 Å². The molecule has 3 nitrogen and oxygen atoms in total. The minimum Gasteiger partial charge on any atom is -0.387 e. The Morgan fingerprint density at radius 2 is 2.07 bits per heavy atom. The molecule has 0 fully saturated rings. The summed E-state index contributed by atoms with van der Waals surface area (Å²) in [5.74, 6) is 0.648. The number of hydrogen-bond donors (Lipinski definition) is 1. The fraction of sp³-hybridized carbons (Fsp3) is 0.364. The van der Waals surface area contributed by atoms with Gasteiger partial charge in [0, 0.05) is 18.0 Å². The van der Waals surface area contributed by atoms with Gasteiger partial charge < -0.3 is 10.5 Å². The van der Waals surface area contributed by atoms with Gasteiger partial charge in [0.25, 0.3) is 0 Å². The fourth-order valence-electron chi connectivity index (χ4n) is 1.15. The van der Waals surface area contributed by atoms with E-state index in [1.165, 1.54) is 0 Å². The maximum atomic E-state index is 5.77. The Morgan fingerprint density at radius 1 is 1.40 bits per heavy atom. The maximum absolute atomic E-state index is 5.77. The molecule has 0 unspecified atom stereocenters. The average molecular weight is 271 g/mol. The second kappa shape index (κ2) is 6.58. The molecule has 2 N–H and O–H groups in total. The van der Waals surface area contributed by atoms with Crippen LogP contribution in [0.15, 0.2) is 33.7 Å². The average Bonchev–Trinajstić information content (AvgIpc) is 2.22. The van der Waals surface area contributed by atoms with Crippen LogP contribution in [0.1, 0.15) is 5.56 Å². The Bertz CT molecular complexity index is 322. The van der Waals surface area contributed by atoms with Crippen LogP contribution in [-0.4, -0.2) is 26.1 Å². The molecular formula is C11H15BrN2O. The number of nitrogens with two attached hydrogens (primary N) is 1. The highest BCUT2D eigenvalue weighted by atomic mass is 79.9. The predicted molar refractivity (Wildman–Crippen MR) is 66.2 cm³/mol. The highest BCUT2D eigenvalue weighted by Crippen LogP contribution is 2.10. The number of halogens is 1. The van der Waals surface area contributed by atoms with Crippen LogP contribution >= 0.6 is 15.9 Å². The van der Waals surface area contributed by atoms with E-state index in [-0.39, 0.29) is 0 Å². The molecule has 0 radical (unpaired) electrons. The van der Waals surface area contributed by atoms with E-state index >= 15 is 0 Å². The lowest BCUT2D eigenvalue weighted by Gasteiger charge is -2.01. The van der Waals surface area contributed by atoms with E-state index in [1.54, 1.807) is 7.11 Å². The molecule has 0 atom stereocenters. The number of nitrogens with zero attached hydrogens (tertiary/aromatic N) is 1. The normalized spacial score (nSPS) is 11.7. The van der Waals surface area contributed by atoms with Crippen molar-refractivity contribution in [3.63, 3.8) is 0 Å². The second-order valence-electron chi connectivity index (χ2n) is 3.17. The molecule has 0 spiro atoms. The summed E-state index contributed by atoms with van der Waals surface area (Å²) in [6.45, 7) is 1.24. The highest BCUT2D eigenvalue weighted by Gasteiger charge is 1.96. The van der Waals surface area contributed by atoms with Gasteiger partial charge in [-0.05, 0) is 17.7 Å². The van der Waals surface area contributed by atoms with Gasteiger partial charge in [0.1, 0.15) is 0 Å². The molecule has 1 rings (SSSR count). The maximum Gasteiger partial charge on any atom is 0.0982 e. The first-order chi connectivity index (χ1) is 7.22. The van der Waals surface area contributed by atoms with Gasteiger partial charge in [-0.2, -0.15) is 0 Å². The van der Waals surface area contributed by atoms with Gasteiger partial charge in [0.2, 0.25) is 0 Å². The quantitative estimate of drug-likeness (QED) is 0.506. The molecule has 0 saturated carbocycles. The van der Waals surface area contributed by atoms with Crippen LogP contribution in [0, 0.1) is 0 Å². The zero-order chi connectivity index (χ0) is 11.1. The third-order valence-corrected chi connectivity index (χ3v) is 2.44. The summed E-state index contributed by atoms with van der Waals surface area (Å²) >= 11 is 3.38. The lowest BCUT2D eigenvalue weighted by molar-refractivity contribution is 0.208. The summed E-state index contributed by atoms with van der Waals surface area (Å²) in [4.78, 5) is 4.19. The summed E-state index contributed by atoms with van der Waals surface area (Å²) in [6.07, 6.45) is 0.691. The summed E-state index contributed by atoms with van der Waals surface area (Å²) < 4.78 is 5.96. The third-order valence-electron chi connectivity index (χ3n) is 1.91. The van der Waals surface area contributed by atoms with E-state index in [9.17, 15) is 0 Å². The van der Waals surface area contributed by atoms with Crippen LogP contribution in [0.2, 0.25) is 0 Å². The molecule has 15 heavy (non-hydrogen) atoms. The Labute approximate surface area is 98.5 Å². The van der Waals surface area contributed by atoms with Crippen LogP contribution < -0.4 is 5.73 Å². The second-order valence-corrected chi connectivity index (χ2v) is 4.08. The molecule has 0 aromatic heterocycles. The van der Waals surface area contributed by atoms with Crippen molar-refractivity contribution in [2.75, 3.05) is 20.3 Å². The number of hydrogen-bond acceptors (Lipinski definition) is 2. The van der Waals surface area contributed by atoms with Crippen molar-refractivity contribution in [2.24, 2.45) is 10.7 Å². The van der Waals surface area contributed by atoms with Gasteiger partial charge in [-0.1, -0.05) is 28.1 Å². The van der Waals surface area contributed by atoms with Crippen molar-refractivity contribution >= 4 is 21.8 Å². The van der Waals surface area contributed by atoms with Gasteiger partial charge in [-0.3, -0.25) is 4.99 Å². The smallest absolute Gasteiger partial charge is 0.0982 e. The van der Waals surface area contributed by atoms with E-state index < -0.39 is 0 Å². The van der Waals surface area contributed by atoms with E-state index in [1.807, 2.05) is 24.3 Å². The fourth-order valence-corrected chi connectivity index (χ4v) is 1.41.